The van der Waals surface area contributed by atoms with Crippen molar-refractivity contribution in [1.29, 1.82) is 0 Å². The second-order valence-electron chi connectivity index (χ2n) is 20.1. The van der Waals surface area contributed by atoms with E-state index in [4.69, 9.17) is 31.2 Å². The third-order valence-corrected chi connectivity index (χ3v) is 13.1. The van der Waals surface area contributed by atoms with Gasteiger partial charge in [0.1, 0.15) is 11.4 Å². The lowest BCUT2D eigenvalue weighted by molar-refractivity contribution is -0.192. The third-order valence-electron chi connectivity index (χ3n) is 13.1. The number of alkyl carbamates (subject to hydrolysis) is 1. The summed E-state index contributed by atoms with van der Waals surface area (Å²) in [5.41, 5.74) is 13.3. The molecule has 10 atom stereocenters. The Morgan fingerprint density at radius 3 is 1.58 bits per heavy atom. The molecule has 0 aromatic heterocycles. The molecule has 4 aliphatic carbocycles. The first-order chi connectivity index (χ1) is 32.4. The lowest BCUT2D eigenvalue weighted by atomic mass is 9.92. The van der Waals surface area contributed by atoms with Gasteiger partial charge in [-0.05, 0) is 152 Å². The number of benzene rings is 2. The molecule has 0 radical (unpaired) electrons. The lowest BCUT2D eigenvalue weighted by Crippen LogP contribution is -2.42. The average Bonchev–Trinajstić information content (AvgIpc) is 4.10. The van der Waals surface area contributed by atoms with Crippen LogP contribution in [0, 0.1) is 35.5 Å². The maximum atomic E-state index is 12.5. The first-order valence-electron chi connectivity index (χ1n) is 24.2. The number of hydrogen-bond acceptors (Lipinski definition) is 9. The number of allylic oxidation sites excluding steroid dienone is 2. The largest absolute Gasteiger partial charge is 0.490 e. The second kappa shape index (κ2) is 28.3. The molecule has 4 fully saturated rings. The van der Waals surface area contributed by atoms with Crippen LogP contribution in [-0.2, 0) is 41.6 Å². The zero-order chi connectivity index (χ0) is 51.3. The number of alkyl halides is 3. The molecule has 2 aromatic rings. The van der Waals surface area contributed by atoms with Crippen molar-refractivity contribution in [3.63, 3.8) is 0 Å². The summed E-state index contributed by atoms with van der Waals surface area (Å²) in [6.07, 6.45) is 14.7. The molecular formula is C53H75F3N4O9. The van der Waals surface area contributed by atoms with Crippen LogP contribution in [0.2, 0.25) is 0 Å². The molecule has 4 aliphatic rings. The molecule has 8 N–H and O–H groups in total. The number of carboxylic acids is 2. The molecule has 0 saturated heterocycles. The summed E-state index contributed by atoms with van der Waals surface area (Å²) in [4.78, 5) is 68.5. The van der Waals surface area contributed by atoms with Crippen LogP contribution in [0.1, 0.15) is 123 Å². The molecule has 0 aliphatic heterocycles. The molecule has 382 valence electrons. The minimum absolute atomic E-state index is 0.0227. The standard InChI is InChI=1S/C23H32N2O2.C21H29NO5.C7H13N.C2HF3O2/c1-16(24)22(26)15-18(8-7-17-5-3-2-4-6-17)10-12-23(27)25-21-14-19-9-11-20(21)13-19;1-15(22-20(26)27-21(2,3)4)18(23)14-17(12-13-19(24)25)11-10-16-8-6-5-7-9-16;8-7-4-5-1-2-6(7)3-5;3-2(4,5)1(6)7/h2-6,10,12,16,18-21H,7-9,11,13-15,24H2,1H3,(H,25,27);5-9,12-13,15,17H,10-11,14H2,1-4H3,(H,22,26)(H,24,25);5-7H,1-4,8H2;(H,6,7)/b12-10+;13-12+;;/t16-,18-,19+,20-,21?;15-,17-;5-,6+,7?;/m001./s1. The van der Waals surface area contributed by atoms with Gasteiger partial charge in [0.25, 0.3) is 0 Å². The van der Waals surface area contributed by atoms with Crippen LogP contribution in [0.15, 0.2) is 85.0 Å². The van der Waals surface area contributed by atoms with Gasteiger partial charge in [-0.3, -0.25) is 14.4 Å². The van der Waals surface area contributed by atoms with Gasteiger partial charge in [0.05, 0.1) is 12.1 Å². The highest BCUT2D eigenvalue weighted by molar-refractivity contribution is 5.88. The Kier molecular flexibility index (Phi) is 23.8. The van der Waals surface area contributed by atoms with Crippen molar-refractivity contribution >= 4 is 35.5 Å². The van der Waals surface area contributed by atoms with Gasteiger partial charge >= 0.3 is 24.2 Å². The molecule has 6 rings (SSSR count). The van der Waals surface area contributed by atoms with Gasteiger partial charge in [0, 0.05) is 31.0 Å². The summed E-state index contributed by atoms with van der Waals surface area (Å²) < 4.78 is 36.9. The van der Waals surface area contributed by atoms with Gasteiger partial charge in [-0.25, -0.2) is 14.4 Å². The molecule has 2 unspecified atom stereocenters. The van der Waals surface area contributed by atoms with Crippen LogP contribution in [0.25, 0.3) is 0 Å². The number of nitrogens with two attached hydrogens (primary N) is 2. The van der Waals surface area contributed by atoms with Crippen molar-refractivity contribution in [2.75, 3.05) is 0 Å². The molecule has 0 spiro atoms. The summed E-state index contributed by atoms with van der Waals surface area (Å²) in [5.74, 6) is -0.723. The zero-order valence-corrected chi connectivity index (χ0v) is 40.8. The Labute approximate surface area is 405 Å². The van der Waals surface area contributed by atoms with Crippen LogP contribution < -0.4 is 22.1 Å². The highest BCUT2D eigenvalue weighted by atomic mass is 19.4. The number of carbonyl (C=O) groups is 6. The van der Waals surface area contributed by atoms with Crippen LogP contribution in [0.5, 0.6) is 0 Å². The SMILES string of the molecule is C[C@H](N)C(=O)C[C@H](/C=C/C(=O)NC1C[C@@H]2CC[C@H]1C2)CCc1ccccc1.C[C@H](NC(=O)OC(C)(C)C)C(=O)C[C@H](/C=C/C(=O)O)CCc1ccccc1.NC1C[C@@H]2CC[C@H]1C2.O=C(O)C(F)(F)F. The molecule has 16 heteroatoms. The summed E-state index contributed by atoms with van der Waals surface area (Å²) in [6.45, 7) is 8.56. The fourth-order valence-electron chi connectivity index (χ4n) is 9.36. The molecule has 4 bridgehead atoms. The summed E-state index contributed by atoms with van der Waals surface area (Å²) in [6, 6.07) is 19.8. The number of Topliss-reactive ketones (excluding diaryl/α,β-unsaturated/α-hetero) is 2. The van der Waals surface area contributed by atoms with Gasteiger partial charge in [0.15, 0.2) is 5.78 Å². The van der Waals surface area contributed by atoms with Crippen molar-refractivity contribution < 1.29 is 56.9 Å². The number of aliphatic carboxylic acids is 2. The van der Waals surface area contributed by atoms with Crippen molar-refractivity contribution in [2.45, 2.75) is 160 Å². The molecule has 13 nitrogen and oxygen atoms in total. The van der Waals surface area contributed by atoms with Crippen LogP contribution in [0.3, 0.4) is 0 Å². The van der Waals surface area contributed by atoms with E-state index in [0.29, 0.717) is 30.8 Å². The number of rotatable bonds is 18. The number of carbonyl (C=O) groups excluding carboxylic acids is 4. The first kappa shape index (κ1) is 58.0. The number of amides is 2. The molecule has 2 aromatic carbocycles. The number of ether oxygens (including phenoxy) is 1. The molecule has 0 heterocycles. The van der Waals surface area contributed by atoms with E-state index < -0.39 is 41.9 Å². The average molecular weight is 969 g/mol. The number of fused-ring (bicyclic) bond motifs is 4. The van der Waals surface area contributed by atoms with Crippen molar-refractivity contribution in [3.05, 3.63) is 96.1 Å². The maximum Gasteiger partial charge on any atom is 0.490 e. The highest BCUT2D eigenvalue weighted by Crippen LogP contribution is 2.44. The predicted octanol–water partition coefficient (Wildman–Crippen LogP) is 8.92. The van der Waals surface area contributed by atoms with Crippen LogP contribution in [-0.4, -0.2) is 81.7 Å². The minimum Gasteiger partial charge on any atom is -0.478 e. The van der Waals surface area contributed by atoms with Crippen molar-refractivity contribution in [1.82, 2.24) is 10.6 Å². The Morgan fingerprint density at radius 1 is 0.725 bits per heavy atom. The minimum atomic E-state index is -5.08. The van der Waals surface area contributed by atoms with Gasteiger partial charge < -0.3 is 37.1 Å². The van der Waals surface area contributed by atoms with E-state index in [9.17, 15) is 37.1 Å². The zero-order valence-electron chi connectivity index (χ0n) is 40.8. The van der Waals surface area contributed by atoms with E-state index in [2.05, 4.69) is 22.8 Å². The molecular weight excluding hydrogens is 894 g/mol. The van der Waals surface area contributed by atoms with E-state index in [-0.39, 0.29) is 35.7 Å². The number of nitrogens with one attached hydrogen (secondary N) is 2. The molecule has 4 saturated carbocycles. The van der Waals surface area contributed by atoms with E-state index in [1.807, 2.05) is 54.6 Å². The van der Waals surface area contributed by atoms with E-state index in [0.717, 1.165) is 55.1 Å². The lowest BCUT2D eigenvalue weighted by Gasteiger charge is -2.22. The van der Waals surface area contributed by atoms with Crippen molar-refractivity contribution in [3.8, 4) is 0 Å². The Bertz CT molecular complexity index is 2000. The highest BCUT2D eigenvalue weighted by Gasteiger charge is 2.40. The van der Waals surface area contributed by atoms with Crippen LogP contribution in [0.4, 0.5) is 18.0 Å². The topological polar surface area (TPSA) is 228 Å². The molecule has 2 amide bonds. The molecule has 69 heavy (non-hydrogen) atoms. The monoisotopic (exact) mass is 969 g/mol. The third kappa shape index (κ3) is 23.2. The van der Waals surface area contributed by atoms with Gasteiger partial charge in [-0.1, -0.05) is 85.7 Å². The Hall–Kier alpha value is -5.35. The fraction of sp³-hybridized carbons (Fsp3) is 0.585. The summed E-state index contributed by atoms with van der Waals surface area (Å²) >= 11 is 0. The quantitative estimate of drug-likeness (QED) is 0.0773. The van der Waals surface area contributed by atoms with Gasteiger partial charge in [0.2, 0.25) is 5.91 Å². The van der Waals surface area contributed by atoms with Gasteiger partial charge in [-0.15, -0.1) is 0 Å². The van der Waals surface area contributed by atoms with Crippen molar-refractivity contribution in [2.24, 2.45) is 47.0 Å². The van der Waals surface area contributed by atoms with E-state index >= 15 is 0 Å². The number of halogens is 3. The van der Waals surface area contributed by atoms with E-state index in [1.165, 1.54) is 50.5 Å². The first-order valence-corrected chi connectivity index (χ1v) is 24.2. The predicted molar refractivity (Wildman–Crippen MR) is 259 cm³/mol. The fourth-order valence-corrected chi connectivity index (χ4v) is 9.36. The number of ketones is 2. The number of carboxylic acid groups (broad SMARTS) is 2. The van der Waals surface area contributed by atoms with E-state index in [1.54, 1.807) is 46.8 Å². The Morgan fingerprint density at radius 2 is 1.20 bits per heavy atom. The second-order valence-corrected chi connectivity index (χ2v) is 20.1. The number of hydrogen-bond donors (Lipinski definition) is 6. The maximum absolute atomic E-state index is 12.5. The van der Waals surface area contributed by atoms with Crippen LogP contribution >= 0.6 is 0 Å². The summed E-state index contributed by atoms with van der Waals surface area (Å²) in [5, 5.41) is 21.7. The summed E-state index contributed by atoms with van der Waals surface area (Å²) in [7, 11) is 0. The normalized spacial score (nSPS) is 22.9. The Balaban J connectivity index is 0.000000280. The smallest absolute Gasteiger partial charge is 0.478 e. The number of aryl methyl sites for hydroxylation is 2. The van der Waals surface area contributed by atoms with Gasteiger partial charge in [-0.2, -0.15) is 13.2 Å².